The fourth-order valence-electron chi connectivity index (χ4n) is 14.8. The van der Waals surface area contributed by atoms with E-state index in [0.29, 0.717) is 55.8 Å². The van der Waals surface area contributed by atoms with Crippen LogP contribution in [0.15, 0.2) is 303 Å². The van der Waals surface area contributed by atoms with Crippen molar-refractivity contribution in [3.63, 3.8) is 0 Å². The molecule has 522 valence electrons. The van der Waals surface area contributed by atoms with E-state index in [0.717, 1.165) is 138 Å². The number of hydrogen-bond acceptors (Lipinski definition) is 4. The fourth-order valence-corrected chi connectivity index (χ4v) is 14.8. The van der Waals surface area contributed by atoms with Gasteiger partial charge in [-0.2, -0.15) is 0 Å². The molecular formula is C95H74F4N4O4+4. The Morgan fingerprint density at radius 1 is 0.234 bits per heavy atom. The summed E-state index contributed by atoms with van der Waals surface area (Å²) in [6.07, 6.45) is 8.07. The van der Waals surface area contributed by atoms with Crippen molar-refractivity contribution in [2.75, 3.05) is 0 Å². The molecule has 8 aromatic heterocycles. The highest BCUT2D eigenvalue weighted by Crippen LogP contribution is 2.43. The summed E-state index contributed by atoms with van der Waals surface area (Å²) < 4.78 is 91.2. The van der Waals surface area contributed by atoms with Gasteiger partial charge in [0, 0.05) is 97.2 Å². The van der Waals surface area contributed by atoms with Gasteiger partial charge in [-0.15, -0.1) is 0 Å². The van der Waals surface area contributed by atoms with Crippen molar-refractivity contribution in [2.45, 2.75) is 34.6 Å². The van der Waals surface area contributed by atoms with Gasteiger partial charge in [-0.1, -0.05) is 115 Å². The molecule has 107 heavy (non-hydrogen) atoms. The minimum absolute atomic E-state index is 0.275. The molecule has 0 radical (unpaired) electrons. The van der Waals surface area contributed by atoms with Crippen molar-refractivity contribution in [2.24, 2.45) is 28.2 Å². The first kappa shape index (κ1) is 68.4. The number of hydrogen-bond donors (Lipinski definition) is 0. The highest BCUT2D eigenvalue weighted by atomic mass is 19.1. The number of benzene rings is 11. The lowest BCUT2D eigenvalue weighted by molar-refractivity contribution is -0.660. The van der Waals surface area contributed by atoms with Crippen molar-refractivity contribution in [1.29, 1.82) is 0 Å². The van der Waals surface area contributed by atoms with E-state index in [4.69, 9.17) is 17.7 Å². The standard InChI is InChI=1S/3C25H19FNO.C20H17FNO/c1-16-14-20-23(15-19(16)22-10-6-7-13-27(22)2)28-25-21(26)12-11-18(24(20)25)17-8-4-3-5-9-17;1-16-14-21-19-12-11-18(17-8-4-3-5-9-17)24(26)25(19)28-23(21)15-20(16)22-10-6-7-13-27(22)2;1-16-12-20-21-13-18(17-8-4-3-5-9-17)14-22(26)25(21)28-24(20)15-19(16)23-10-6-7-11-27(23)2;1-12-7-8-14-16-10-13(2)15(17-6-4-5-9-22(17)3)11-18(16)23-20(14)19(12)21/h3*3-15H,1-2H3;4-11H,1-3H3/q4*+1. The SMILES string of the molecule is Cc1cc2c(cc1-c1cccc[n+]1C)oc1c(F)c(-c3ccccc3)ccc12.Cc1cc2c(cc1-c1cccc[n+]1C)oc1c(F)c(C)ccc12.Cc1cc2c(cc1-c1cccc[n+]1C)oc1c(F)cc(-c3ccccc3)cc12.Cc1cc2c(cc1-c1cccc[n+]1C)oc1c(F)ccc(-c3ccccc3)c12. The van der Waals surface area contributed by atoms with Gasteiger partial charge in [0.05, 0.1) is 22.3 Å². The minimum atomic E-state index is -0.338. The molecule has 11 aromatic carbocycles. The van der Waals surface area contributed by atoms with Crippen LogP contribution in [0, 0.1) is 57.9 Å². The zero-order valence-electron chi connectivity index (χ0n) is 60.6. The van der Waals surface area contributed by atoms with Gasteiger partial charge in [0.2, 0.25) is 22.8 Å². The minimum Gasteiger partial charge on any atom is -0.453 e. The molecule has 0 N–H and O–H groups in total. The van der Waals surface area contributed by atoms with Crippen LogP contribution in [-0.4, -0.2) is 0 Å². The van der Waals surface area contributed by atoms with E-state index in [1.165, 1.54) is 6.07 Å². The Balaban J connectivity index is 0.000000109. The third kappa shape index (κ3) is 12.7. The molecule has 8 heterocycles. The Kier molecular flexibility index (Phi) is 18.0. The molecule has 19 aromatic rings. The first-order valence-electron chi connectivity index (χ1n) is 35.5. The van der Waals surface area contributed by atoms with Crippen LogP contribution in [0.3, 0.4) is 0 Å². The molecule has 0 amide bonds. The molecule has 0 unspecified atom stereocenters. The first-order valence-corrected chi connectivity index (χ1v) is 35.5. The molecule has 0 bridgehead atoms. The van der Waals surface area contributed by atoms with Crippen LogP contribution in [-0.2, 0) is 28.2 Å². The van der Waals surface area contributed by atoms with Crippen molar-refractivity contribution < 1.29 is 53.5 Å². The van der Waals surface area contributed by atoms with E-state index in [9.17, 15) is 13.2 Å². The lowest BCUT2D eigenvalue weighted by atomic mass is 9.96. The summed E-state index contributed by atoms with van der Waals surface area (Å²) in [6, 6.07) is 84.6. The molecule has 0 aliphatic carbocycles. The van der Waals surface area contributed by atoms with E-state index < -0.39 is 0 Å². The second kappa shape index (κ2) is 28.2. The van der Waals surface area contributed by atoms with E-state index in [1.54, 1.807) is 19.1 Å². The average molecular weight is 1410 g/mol. The molecule has 0 aliphatic heterocycles. The summed E-state index contributed by atoms with van der Waals surface area (Å²) in [5, 5.41) is 7.04. The van der Waals surface area contributed by atoms with Crippen LogP contribution in [0.25, 0.3) is 166 Å². The molecule has 0 saturated heterocycles. The summed E-state index contributed by atoms with van der Waals surface area (Å²) in [4.78, 5) is 0. The van der Waals surface area contributed by atoms with Gasteiger partial charge in [-0.3, -0.25) is 0 Å². The highest BCUT2D eigenvalue weighted by molar-refractivity contribution is 6.14. The smallest absolute Gasteiger partial charge is 0.212 e. The summed E-state index contributed by atoms with van der Waals surface area (Å²) in [6.45, 7) is 10.1. The fraction of sp³-hybridized carbons (Fsp3) is 0.0947. The van der Waals surface area contributed by atoms with Gasteiger partial charge in [0.1, 0.15) is 50.5 Å². The maximum atomic E-state index is 15.3. The van der Waals surface area contributed by atoms with Crippen LogP contribution in [0.2, 0.25) is 0 Å². The number of nitrogens with zero attached hydrogens (tertiary/aromatic N) is 4. The van der Waals surface area contributed by atoms with Crippen LogP contribution >= 0.6 is 0 Å². The third-order valence-electron chi connectivity index (χ3n) is 20.4. The quantitative estimate of drug-likeness (QED) is 0.118. The number of fused-ring (bicyclic) bond motifs is 12. The molecule has 0 saturated carbocycles. The number of pyridine rings is 4. The van der Waals surface area contributed by atoms with Crippen LogP contribution in [0.4, 0.5) is 17.6 Å². The van der Waals surface area contributed by atoms with E-state index in [1.807, 2.05) is 247 Å². The number of halogens is 4. The Morgan fingerprint density at radius 3 is 1.04 bits per heavy atom. The summed E-state index contributed by atoms with van der Waals surface area (Å²) >= 11 is 0. The molecule has 19 rings (SSSR count). The Labute approximate surface area is 615 Å². The van der Waals surface area contributed by atoms with E-state index in [2.05, 4.69) is 94.5 Å². The largest absolute Gasteiger partial charge is 0.453 e. The predicted molar refractivity (Wildman–Crippen MR) is 421 cm³/mol. The van der Waals surface area contributed by atoms with Crippen LogP contribution in [0.1, 0.15) is 27.8 Å². The van der Waals surface area contributed by atoms with Crippen molar-refractivity contribution in [1.82, 2.24) is 0 Å². The molecule has 0 fully saturated rings. The number of furan rings is 4. The monoisotopic (exact) mass is 1410 g/mol. The molecule has 0 atom stereocenters. The Bertz CT molecular complexity index is 6620. The number of aryl methyl sites for hydroxylation is 9. The average Bonchev–Trinajstić information content (AvgIpc) is 1.63. The Morgan fingerprint density at radius 2 is 0.589 bits per heavy atom. The van der Waals surface area contributed by atoms with Crippen molar-refractivity contribution >= 4 is 87.8 Å². The number of rotatable bonds is 7. The van der Waals surface area contributed by atoms with Gasteiger partial charge < -0.3 is 17.7 Å². The first-order chi connectivity index (χ1) is 51.9. The molecule has 0 spiro atoms. The second-order valence-corrected chi connectivity index (χ2v) is 27.5. The van der Waals surface area contributed by atoms with E-state index >= 15 is 4.39 Å². The zero-order chi connectivity index (χ0) is 73.9. The summed E-state index contributed by atoms with van der Waals surface area (Å²) in [5.74, 6) is -1.26. The topological polar surface area (TPSA) is 68.1 Å². The lowest BCUT2D eigenvalue weighted by Gasteiger charge is -2.06. The normalized spacial score (nSPS) is 11.4. The lowest BCUT2D eigenvalue weighted by Crippen LogP contribution is -2.30. The molecule has 0 aliphatic rings. The molecule has 12 heteroatoms. The zero-order valence-corrected chi connectivity index (χ0v) is 60.6. The summed E-state index contributed by atoms with van der Waals surface area (Å²) in [5.41, 5.74) is 23.2. The highest BCUT2D eigenvalue weighted by Gasteiger charge is 2.25. The Hall–Kier alpha value is -13.1. The van der Waals surface area contributed by atoms with Gasteiger partial charge in [-0.25, -0.2) is 35.8 Å². The maximum absolute atomic E-state index is 15.3. The van der Waals surface area contributed by atoms with Gasteiger partial charge in [0.15, 0.2) is 70.4 Å². The third-order valence-corrected chi connectivity index (χ3v) is 20.4. The molecular weight excluding hydrogens is 1340 g/mol. The predicted octanol–water partition coefficient (Wildman–Crippen LogP) is 23.4. The van der Waals surface area contributed by atoms with Gasteiger partial charge in [0.25, 0.3) is 0 Å². The van der Waals surface area contributed by atoms with Crippen molar-refractivity contribution in [3.05, 3.63) is 337 Å². The molecule has 8 nitrogen and oxygen atoms in total. The van der Waals surface area contributed by atoms with Gasteiger partial charge >= 0.3 is 0 Å². The van der Waals surface area contributed by atoms with Crippen LogP contribution < -0.4 is 18.3 Å². The number of aromatic nitrogens is 4. The second-order valence-electron chi connectivity index (χ2n) is 27.5. The van der Waals surface area contributed by atoms with Crippen LogP contribution in [0.5, 0.6) is 0 Å². The van der Waals surface area contributed by atoms with Crippen molar-refractivity contribution in [3.8, 4) is 78.4 Å². The van der Waals surface area contributed by atoms with Gasteiger partial charge in [-0.05, 0) is 187 Å². The van der Waals surface area contributed by atoms with E-state index in [-0.39, 0.29) is 23.3 Å². The summed E-state index contributed by atoms with van der Waals surface area (Å²) in [7, 11) is 8.07. The maximum Gasteiger partial charge on any atom is 0.212 e.